The maximum atomic E-state index is 6.01. The second-order valence-corrected chi connectivity index (χ2v) is 5.21. The third kappa shape index (κ3) is 3.15. The van der Waals surface area contributed by atoms with Gasteiger partial charge in [0.15, 0.2) is 5.75 Å². The predicted octanol–water partition coefficient (Wildman–Crippen LogP) is 5.67. The molecule has 0 aliphatic rings. The molecule has 2 rings (SSSR count). The summed E-state index contributed by atoms with van der Waals surface area (Å²) >= 11 is 23.8. The Morgan fingerprint density at radius 1 is 0.778 bits per heavy atom. The zero-order valence-electron chi connectivity index (χ0n) is 8.88. The van der Waals surface area contributed by atoms with E-state index in [-0.39, 0.29) is 0 Å². The zero-order chi connectivity index (χ0) is 13.3. The van der Waals surface area contributed by atoms with Gasteiger partial charge in [-0.15, -0.1) is 0 Å². The molecule has 2 aromatic rings. The average molecular weight is 323 g/mol. The SMILES string of the molecule is Nc1cc(Cl)c(Oc2cc(Cl)cc(Cl)c2)c(Cl)c1. The van der Waals surface area contributed by atoms with Crippen LogP contribution >= 0.6 is 46.4 Å². The normalized spacial score (nSPS) is 10.4. The first kappa shape index (κ1) is 13.6. The van der Waals surface area contributed by atoms with Crippen LogP contribution in [0.5, 0.6) is 11.5 Å². The summed E-state index contributed by atoms with van der Waals surface area (Å²) in [6.07, 6.45) is 0. The number of rotatable bonds is 2. The van der Waals surface area contributed by atoms with Crippen LogP contribution in [-0.4, -0.2) is 0 Å². The Kier molecular flexibility index (Phi) is 4.13. The molecule has 0 fully saturated rings. The first-order valence-corrected chi connectivity index (χ1v) is 6.35. The number of hydrogen-bond donors (Lipinski definition) is 1. The lowest BCUT2D eigenvalue weighted by Gasteiger charge is -2.11. The number of anilines is 1. The maximum Gasteiger partial charge on any atom is 0.164 e. The third-order valence-electron chi connectivity index (χ3n) is 2.08. The van der Waals surface area contributed by atoms with Gasteiger partial charge in [-0.2, -0.15) is 0 Å². The number of nitrogens with two attached hydrogens (primary N) is 1. The van der Waals surface area contributed by atoms with Crippen molar-refractivity contribution >= 4 is 52.1 Å². The van der Waals surface area contributed by atoms with E-state index in [1.54, 1.807) is 30.3 Å². The fourth-order valence-corrected chi connectivity index (χ4v) is 2.47. The van der Waals surface area contributed by atoms with Gasteiger partial charge in [0.1, 0.15) is 5.75 Å². The van der Waals surface area contributed by atoms with Gasteiger partial charge in [-0.3, -0.25) is 0 Å². The lowest BCUT2D eigenvalue weighted by Crippen LogP contribution is -1.90. The summed E-state index contributed by atoms with van der Waals surface area (Å²) in [6.45, 7) is 0. The second-order valence-electron chi connectivity index (χ2n) is 3.52. The molecular formula is C12H7Cl4NO. The smallest absolute Gasteiger partial charge is 0.164 e. The van der Waals surface area contributed by atoms with Crippen LogP contribution in [0.3, 0.4) is 0 Å². The minimum Gasteiger partial charge on any atom is -0.454 e. The van der Waals surface area contributed by atoms with E-state index in [1.165, 1.54) is 0 Å². The highest BCUT2D eigenvalue weighted by Gasteiger charge is 2.10. The van der Waals surface area contributed by atoms with Crippen LogP contribution in [0.1, 0.15) is 0 Å². The van der Waals surface area contributed by atoms with Gasteiger partial charge in [-0.25, -0.2) is 0 Å². The monoisotopic (exact) mass is 321 g/mol. The van der Waals surface area contributed by atoms with Gasteiger partial charge in [-0.05, 0) is 30.3 Å². The van der Waals surface area contributed by atoms with Crippen LogP contribution in [0.25, 0.3) is 0 Å². The molecular weight excluding hydrogens is 316 g/mol. The van der Waals surface area contributed by atoms with E-state index >= 15 is 0 Å². The summed E-state index contributed by atoms with van der Waals surface area (Å²) in [4.78, 5) is 0. The topological polar surface area (TPSA) is 35.2 Å². The van der Waals surface area contributed by atoms with Crippen molar-refractivity contribution in [3.05, 3.63) is 50.4 Å². The van der Waals surface area contributed by atoms with E-state index in [0.717, 1.165) is 0 Å². The van der Waals surface area contributed by atoms with Crippen molar-refractivity contribution in [2.45, 2.75) is 0 Å². The van der Waals surface area contributed by atoms with Crippen LogP contribution in [0.4, 0.5) is 5.69 Å². The fraction of sp³-hybridized carbons (Fsp3) is 0. The van der Waals surface area contributed by atoms with E-state index < -0.39 is 0 Å². The van der Waals surface area contributed by atoms with Crippen LogP contribution < -0.4 is 10.5 Å². The lowest BCUT2D eigenvalue weighted by atomic mass is 10.3. The molecule has 2 nitrogen and oxygen atoms in total. The van der Waals surface area contributed by atoms with E-state index in [1.807, 2.05) is 0 Å². The van der Waals surface area contributed by atoms with E-state index in [2.05, 4.69) is 0 Å². The second kappa shape index (κ2) is 5.45. The molecule has 0 aliphatic carbocycles. The highest BCUT2D eigenvalue weighted by molar-refractivity contribution is 6.37. The molecule has 0 spiro atoms. The van der Waals surface area contributed by atoms with Gasteiger partial charge in [0.2, 0.25) is 0 Å². The first-order valence-electron chi connectivity index (χ1n) is 4.84. The molecule has 0 aliphatic heterocycles. The Balaban J connectivity index is 2.40. The molecule has 0 aromatic heterocycles. The molecule has 94 valence electrons. The molecule has 0 radical (unpaired) electrons. The highest BCUT2D eigenvalue weighted by atomic mass is 35.5. The summed E-state index contributed by atoms with van der Waals surface area (Å²) in [6, 6.07) is 7.92. The quantitative estimate of drug-likeness (QED) is 0.722. The number of ether oxygens (including phenoxy) is 1. The van der Waals surface area contributed by atoms with Gasteiger partial charge in [-0.1, -0.05) is 46.4 Å². The molecule has 0 heterocycles. The van der Waals surface area contributed by atoms with Crippen molar-refractivity contribution in [1.82, 2.24) is 0 Å². The standard InChI is InChI=1S/C12H7Cl4NO/c13-6-1-7(14)3-9(2-6)18-12-10(15)4-8(17)5-11(12)16/h1-5H,17H2. The van der Waals surface area contributed by atoms with Crippen LogP contribution in [0.15, 0.2) is 30.3 Å². The van der Waals surface area contributed by atoms with Gasteiger partial charge in [0.25, 0.3) is 0 Å². The third-order valence-corrected chi connectivity index (χ3v) is 3.07. The van der Waals surface area contributed by atoms with E-state index in [4.69, 9.17) is 56.9 Å². The Morgan fingerprint density at radius 2 is 1.28 bits per heavy atom. The molecule has 0 unspecified atom stereocenters. The predicted molar refractivity (Wildman–Crippen MR) is 77.4 cm³/mol. The van der Waals surface area contributed by atoms with Crippen molar-refractivity contribution in [3.63, 3.8) is 0 Å². The minimum atomic E-state index is 0.311. The zero-order valence-corrected chi connectivity index (χ0v) is 11.9. The average Bonchev–Trinajstić information content (AvgIpc) is 2.22. The van der Waals surface area contributed by atoms with Crippen molar-refractivity contribution in [1.29, 1.82) is 0 Å². The molecule has 18 heavy (non-hydrogen) atoms. The first-order chi connectivity index (χ1) is 8.45. The molecule has 2 aromatic carbocycles. The highest BCUT2D eigenvalue weighted by Crippen LogP contribution is 2.39. The summed E-state index contributed by atoms with van der Waals surface area (Å²) in [5.74, 6) is 0.756. The van der Waals surface area contributed by atoms with Gasteiger partial charge < -0.3 is 10.5 Å². The Bertz CT molecular complexity index is 557. The summed E-state index contributed by atoms with van der Waals surface area (Å²) in [5.41, 5.74) is 6.06. The van der Waals surface area contributed by atoms with Crippen molar-refractivity contribution in [3.8, 4) is 11.5 Å². The number of hydrogen-bond acceptors (Lipinski definition) is 2. The number of halogens is 4. The molecule has 6 heteroatoms. The number of nitrogen functional groups attached to an aromatic ring is 1. The summed E-state index contributed by atoms with van der Waals surface area (Å²) < 4.78 is 5.57. The lowest BCUT2D eigenvalue weighted by molar-refractivity contribution is 0.483. The Hall–Kier alpha value is -0.800. The molecule has 0 saturated heterocycles. The molecule has 0 atom stereocenters. The Labute approximate surface area is 124 Å². The minimum absolute atomic E-state index is 0.311. The molecule has 0 bridgehead atoms. The summed E-state index contributed by atoms with van der Waals surface area (Å²) in [7, 11) is 0. The summed E-state index contributed by atoms with van der Waals surface area (Å²) in [5, 5.41) is 1.55. The molecule has 0 saturated carbocycles. The molecule has 2 N–H and O–H groups in total. The van der Waals surface area contributed by atoms with Crippen LogP contribution in [0, 0.1) is 0 Å². The van der Waals surface area contributed by atoms with Gasteiger partial charge in [0, 0.05) is 15.7 Å². The van der Waals surface area contributed by atoms with Crippen LogP contribution in [0.2, 0.25) is 20.1 Å². The van der Waals surface area contributed by atoms with Crippen molar-refractivity contribution in [2.75, 3.05) is 5.73 Å². The maximum absolute atomic E-state index is 6.01. The van der Waals surface area contributed by atoms with Gasteiger partial charge in [0.05, 0.1) is 10.0 Å². The molecule has 0 amide bonds. The number of benzene rings is 2. The van der Waals surface area contributed by atoms with Gasteiger partial charge >= 0.3 is 0 Å². The van der Waals surface area contributed by atoms with E-state index in [0.29, 0.717) is 37.3 Å². The largest absolute Gasteiger partial charge is 0.454 e. The van der Waals surface area contributed by atoms with Crippen molar-refractivity contribution in [2.24, 2.45) is 0 Å². The van der Waals surface area contributed by atoms with Crippen molar-refractivity contribution < 1.29 is 4.74 Å². The fourth-order valence-electron chi connectivity index (χ4n) is 1.38. The van der Waals surface area contributed by atoms with Crippen LogP contribution in [-0.2, 0) is 0 Å². The van der Waals surface area contributed by atoms with E-state index in [9.17, 15) is 0 Å². The Morgan fingerprint density at radius 3 is 1.78 bits per heavy atom.